The molecule has 1 aromatic rings. The number of nitrogens with two attached hydrogens (primary N) is 1. The molecule has 1 fully saturated rings. The molecular formula is C16H24N2O2S. The van der Waals surface area contributed by atoms with Crippen molar-refractivity contribution in [3.63, 3.8) is 0 Å². The number of anilines is 1. The van der Waals surface area contributed by atoms with Gasteiger partial charge in [-0.3, -0.25) is 4.79 Å². The SMILES string of the molecule is CCCC1CC(Nc2ccccc2SCC(N)=O)CCO1. The molecule has 0 aromatic heterocycles. The molecule has 2 unspecified atom stereocenters. The number of thioether (sulfide) groups is 1. The van der Waals surface area contributed by atoms with Crippen LogP contribution in [-0.2, 0) is 9.53 Å². The minimum Gasteiger partial charge on any atom is -0.381 e. The summed E-state index contributed by atoms with van der Waals surface area (Å²) < 4.78 is 5.79. The molecule has 2 atom stereocenters. The van der Waals surface area contributed by atoms with Crippen molar-refractivity contribution in [3.8, 4) is 0 Å². The lowest BCUT2D eigenvalue weighted by atomic mass is 10.00. The van der Waals surface area contributed by atoms with Crippen molar-refractivity contribution in [3.05, 3.63) is 24.3 Å². The number of para-hydroxylation sites is 1. The van der Waals surface area contributed by atoms with E-state index in [9.17, 15) is 4.79 Å². The van der Waals surface area contributed by atoms with E-state index in [1.165, 1.54) is 11.8 Å². The van der Waals surface area contributed by atoms with Crippen LogP contribution in [0, 0.1) is 0 Å². The van der Waals surface area contributed by atoms with Gasteiger partial charge in [0, 0.05) is 23.2 Å². The molecule has 0 aliphatic carbocycles. The Kier molecular flexibility index (Phi) is 6.39. The van der Waals surface area contributed by atoms with Gasteiger partial charge in [0.05, 0.1) is 11.9 Å². The zero-order chi connectivity index (χ0) is 15.1. The molecule has 1 aliphatic heterocycles. The fourth-order valence-electron chi connectivity index (χ4n) is 2.61. The van der Waals surface area contributed by atoms with E-state index >= 15 is 0 Å². The Labute approximate surface area is 130 Å². The fraction of sp³-hybridized carbons (Fsp3) is 0.562. The first-order valence-electron chi connectivity index (χ1n) is 7.57. The van der Waals surface area contributed by atoms with Gasteiger partial charge >= 0.3 is 0 Å². The van der Waals surface area contributed by atoms with Gasteiger partial charge in [-0.1, -0.05) is 25.5 Å². The summed E-state index contributed by atoms with van der Waals surface area (Å²) in [7, 11) is 0. The van der Waals surface area contributed by atoms with E-state index < -0.39 is 0 Å². The average Bonchev–Trinajstić information content (AvgIpc) is 2.47. The summed E-state index contributed by atoms with van der Waals surface area (Å²) in [6.45, 7) is 3.01. The highest BCUT2D eigenvalue weighted by Gasteiger charge is 2.22. The number of amides is 1. The van der Waals surface area contributed by atoms with E-state index in [1.54, 1.807) is 0 Å². The normalized spacial score (nSPS) is 22.0. The second kappa shape index (κ2) is 8.29. The zero-order valence-electron chi connectivity index (χ0n) is 12.5. The first-order valence-corrected chi connectivity index (χ1v) is 8.56. The van der Waals surface area contributed by atoms with E-state index in [2.05, 4.69) is 18.3 Å². The van der Waals surface area contributed by atoms with E-state index in [0.717, 1.165) is 42.9 Å². The first kappa shape index (κ1) is 16.2. The third-order valence-electron chi connectivity index (χ3n) is 3.59. The van der Waals surface area contributed by atoms with Crippen molar-refractivity contribution < 1.29 is 9.53 Å². The number of nitrogens with one attached hydrogen (secondary N) is 1. The predicted molar refractivity (Wildman–Crippen MR) is 87.7 cm³/mol. The molecule has 3 N–H and O–H groups in total. The third-order valence-corrected chi connectivity index (χ3v) is 4.69. The Morgan fingerprint density at radius 2 is 2.29 bits per heavy atom. The summed E-state index contributed by atoms with van der Waals surface area (Å²) in [5.41, 5.74) is 6.32. The number of hydrogen-bond donors (Lipinski definition) is 2. The standard InChI is InChI=1S/C16H24N2O2S/c1-2-5-13-10-12(8-9-20-13)18-14-6-3-4-7-15(14)21-11-16(17)19/h3-4,6-7,12-13,18H,2,5,8-11H2,1H3,(H2,17,19). The van der Waals surface area contributed by atoms with Crippen LogP contribution in [0.4, 0.5) is 5.69 Å². The summed E-state index contributed by atoms with van der Waals surface area (Å²) in [6, 6.07) is 8.52. The van der Waals surface area contributed by atoms with Gasteiger partial charge in [-0.15, -0.1) is 11.8 Å². The molecule has 1 amide bonds. The van der Waals surface area contributed by atoms with E-state index in [-0.39, 0.29) is 5.91 Å². The summed E-state index contributed by atoms with van der Waals surface area (Å²) >= 11 is 1.49. The fourth-order valence-corrected chi connectivity index (χ4v) is 3.37. The monoisotopic (exact) mass is 308 g/mol. The average molecular weight is 308 g/mol. The number of primary amides is 1. The minimum absolute atomic E-state index is 0.288. The smallest absolute Gasteiger partial charge is 0.227 e. The van der Waals surface area contributed by atoms with Gasteiger partial charge in [0.1, 0.15) is 0 Å². The number of carbonyl (C=O) groups is 1. The van der Waals surface area contributed by atoms with Gasteiger partial charge in [-0.2, -0.15) is 0 Å². The van der Waals surface area contributed by atoms with Crippen LogP contribution in [0.1, 0.15) is 32.6 Å². The summed E-state index contributed by atoms with van der Waals surface area (Å²) in [4.78, 5) is 12.0. The molecule has 2 rings (SSSR count). The van der Waals surface area contributed by atoms with Crippen LogP contribution in [0.2, 0.25) is 0 Å². The molecule has 0 spiro atoms. The van der Waals surface area contributed by atoms with Gasteiger partial charge in [-0.05, 0) is 31.4 Å². The number of ether oxygens (including phenoxy) is 1. The molecule has 1 aromatic carbocycles. The van der Waals surface area contributed by atoms with Gasteiger partial charge < -0.3 is 15.8 Å². The Balaban J connectivity index is 1.96. The lowest BCUT2D eigenvalue weighted by Gasteiger charge is -2.31. The van der Waals surface area contributed by atoms with Crippen LogP contribution >= 0.6 is 11.8 Å². The van der Waals surface area contributed by atoms with Crippen molar-refractivity contribution in [2.24, 2.45) is 5.73 Å². The van der Waals surface area contributed by atoms with Gasteiger partial charge in [0.2, 0.25) is 5.91 Å². The molecule has 0 bridgehead atoms. The van der Waals surface area contributed by atoms with Crippen molar-refractivity contribution in [1.82, 2.24) is 0 Å². The molecule has 0 radical (unpaired) electrons. The minimum atomic E-state index is -0.288. The maximum atomic E-state index is 11.0. The van der Waals surface area contributed by atoms with Crippen LogP contribution in [0.5, 0.6) is 0 Å². The van der Waals surface area contributed by atoms with E-state index in [1.807, 2.05) is 18.2 Å². The molecule has 0 saturated carbocycles. The predicted octanol–water partition coefficient (Wildman–Crippen LogP) is 3.02. The van der Waals surface area contributed by atoms with Gasteiger partial charge in [0.25, 0.3) is 0 Å². The van der Waals surface area contributed by atoms with Crippen molar-refractivity contribution in [2.45, 2.75) is 49.6 Å². The lowest BCUT2D eigenvalue weighted by molar-refractivity contribution is -0.115. The van der Waals surface area contributed by atoms with Crippen LogP contribution in [0.3, 0.4) is 0 Å². The molecule has 5 heteroatoms. The second-order valence-electron chi connectivity index (χ2n) is 5.40. The highest BCUT2D eigenvalue weighted by atomic mass is 32.2. The van der Waals surface area contributed by atoms with Crippen LogP contribution < -0.4 is 11.1 Å². The molecule has 1 aliphatic rings. The first-order chi connectivity index (χ1) is 10.2. The Hall–Kier alpha value is -1.20. The summed E-state index contributed by atoms with van der Waals surface area (Å²) in [5.74, 6) is 0.0224. The van der Waals surface area contributed by atoms with E-state index in [0.29, 0.717) is 17.9 Å². The highest BCUT2D eigenvalue weighted by Crippen LogP contribution is 2.29. The van der Waals surface area contributed by atoms with Crippen LogP contribution in [0.15, 0.2) is 29.2 Å². The number of benzene rings is 1. The second-order valence-corrected chi connectivity index (χ2v) is 6.42. The number of carbonyl (C=O) groups excluding carboxylic acids is 1. The topological polar surface area (TPSA) is 64.3 Å². The molecular weight excluding hydrogens is 284 g/mol. The maximum Gasteiger partial charge on any atom is 0.227 e. The highest BCUT2D eigenvalue weighted by molar-refractivity contribution is 8.00. The third kappa shape index (κ3) is 5.25. The van der Waals surface area contributed by atoms with Gasteiger partial charge in [0.15, 0.2) is 0 Å². The largest absolute Gasteiger partial charge is 0.381 e. The Morgan fingerprint density at radius 1 is 1.48 bits per heavy atom. The molecule has 1 heterocycles. The van der Waals surface area contributed by atoms with E-state index in [4.69, 9.17) is 10.5 Å². The van der Waals surface area contributed by atoms with Gasteiger partial charge in [-0.25, -0.2) is 0 Å². The van der Waals surface area contributed by atoms with Crippen LogP contribution in [-0.4, -0.2) is 30.4 Å². The molecule has 116 valence electrons. The molecule has 4 nitrogen and oxygen atoms in total. The zero-order valence-corrected chi connectivity index (χ0v) is 13.3. The van der Waals surface area contributed by atoms with Crippen LogP contribution in [0.25, 0.3) is 0 Å². The Morgan fingerprint density at radius 3 is 3.05 bits per heavy atom. The quantitative estimate of drug-likeness (QED) is 0.760. The molecule has 21 heavy (non-hydrogen) atoms. The van der Waals surface area contributed by atoms with Crippen molar-refractivity contribution >= 4 is 23.4 Å². The Bertz CT molecular complexity index is 465. The maximum absolute atomic E-state index is 11.0. The summed E-state index contributed by atoms with van der Waals surface area (Å²) in [5, 5.41) is 3.61. The number of hydrogen-bond acceptors (Lipinski definition) is 4. The van der Waals surface area contributed by atoms with Crippen molar-refractivity contribution in [1.29, 1.82) is 0 Å². The number of rotatable bonds is 7. The lowest BCUT2D eigenvalue weighted by Crippen LogP contribution is -2.34. The van der Waals surface area contributed by atoms with Crippen molar-refractivity contribution in [2.75, 3.05) is 17.7 Å². The summed E-state index contributed by atoms with van der Waals surface area (Å²) in [6.07, 6.45) is 4.71. The molecule has 1 saturated heterocycles.